The summed E-state index contributed by atoms with van der Waals surface area (Å²) in [6.45, 7) is -0.0195. The van der Waals surface area contributed by atoms with Crippen molar-refractivity contribution in [1.82, 2.24) is 5.32 Å². The van der Waals surface area contributed by atoms with Crippen molar-refractivity contribution in [2.24, 2.45) is 0 Å². The van der Waals surface area contributed by atoms with Gasteiger partial charge in [-0.25, -0.2) is 0 Å². The molecule has 72 valence electrons. The van der Waals surface area contributed by atoms with Gasteiger partial charge in [0, 0.05) is 10.2 Å². The fraction of sp³-hybridized carbons (Fsp3) is 0.111. The summed E-state index contributed by atoms with van der Waals surface area (Å²) in [5.41, 5.74) is 6.38. The van der Waals surface area contributed by atoms with Gasteiger partial charge in [-0.3, -0.25) is 4.79 Å². The highest BCUT2D eigenvalue weighted by molar-refractivity contribution is 9.10. The topological polar surface area (TPSA) is 78.9 Å². The molecule has 0 spiro atoms. The third-order valence-electron chi connectivity index (χ3n) is 1.59. The lowest BCUT2D eigenvalue weighted by molar-refractivity contribution is 0.0959. The predicted octanol–water partition coefficient (Wildman–Crippen LogP) is 1.28. The van der Waals surface area contributed by atoms with Gasteiger partial charge in [0.1, 0.15) is 6.54 Å². The van der Waals surface area contributed by atoms with Crippen LogP contribution in [-0.2, 0) is 0 Å². The van der Waals surface area contributed by atoms with E-state index in [9.17, 15) is 4.79 Å². The molecule has 1 amide bonds. The number of amides is 1. The van der Waals surface area contributed by atoms with E-state index in [4.69, 9.17) is 11.0 Å². The number of carbonyl (C=O) groups excluding carboxylic acids is 1. The number of hydrogen-bond donors (Lipinski definition) is 2. The molecule has 3 N–H and O–H groups in total. The molecule has 0 fully saturated rings. The first-order chi connectivity index (χ1) is 6.65. The fourth-order valence-electron chi connectivity index (χ4n) is 0.955. The summed E-state index contributed by atoms with van der Waals surface area (Å²) >= 11 is 3.23. The van der Waals surface area contributed by atoms with E-state index in [0.717, 1.165) is 4.47 Å². The van der Waals surface area contributed by atoms with E-state index in [0.29, 0.717) is 11.3 Å². The number of nitrogen functional groups attached to an aromatic ring is 1. The van der Waals surface area contributed by atoms with Crippen molar-refractivity contribution in [3.63, 3.8) is 0 Å². The molecular weight excluding hydrogens is 246 g/mol. The molecule has 0 saturated heterocycles. The SMILES string of the molecule is N#CCNC(=O)c1ccc(Br)cc1N. The van der Waals surface area contributed by atoms with Crippen LogP contribution in [0, 0.1) is 11.3 Å². The summed E-state index contributed by atoms with van der Waals surface area (Å²) in [4.78, 5) is 11.4. The fourth-order valence-corrected chi connectivity index (χ4v) is 1.33. The molecule has 0 heterocycles. The normalized spacial score (nSPS) is 9.14. The van der Waals surface area contributed by atoms with Gasteiger partial charge in [-0.1, -0.05) is 15.9 Å². The second-order valence-electron chi connectivity index (χ2n) is 2.57. The Labute approximate surface area is 89.8 Å². The minimum Gasteiger partial charge on any atom is -0.398 e. The van der Waals surface area contributed by atoms with Crippen LogP contribution in [-0.4, -0.2) is 12.5 Å². The molecule has 14 heavy (non-hydrogen) atoms. The lowest BCUT2D eigenvalue weighted by Gasteiger charge is -2.04. The Hall–Kier alpha value is -1.54. The highest BCUT2D eigenvalue weighted by Crippen LogP contribution is 2.18. The van der Waals surface area contributed by atoms with Crippen molar-refractivity contribution in [3.8, 4) is 6.07 Å². The molecule has 1 aromatic rings. The Morgan fingerprint density at radius 3 is 2.93 bits per heavy atom. The van der Waals surface area contributed by atoms with Crippen LogP contribution in [0.15, 0.2) is 22.7 Å². The van der Waals surface area contributed by atoms with Gasteiger partial charge in [0.15, 0.2) is 0 Å². The minimum atomic E-state index is -0.337. The van der Waals surface area contributed by atoms with Crippen LogP contribution in [0.5, 0.6) is 0 Å². The average Bonchev–Trinajstić information content (AvgIpc) is 2.14. The molecule has 0 atom stereocenters. The summed E-state index contributed by atoms with van der Waals surface area (Å²) in [5.74, 6) is -0.337. The molecule has 1 aromatic carbocycles. The van der Waals surface area contributed by atoms with Crippen molar-refractivity contribution < 1.29 is 4.79 Å². The van der Waals surface area contributed by atoms with Crippen molar-refractivity contribution in [1.29, 1.82) is 5.26 Å². The maximum atomic E-state index is 11.4. The zero-order valence-corrected chi connectivity index (χ0v) is 8.84. The van der Waals surface area contributed by atoms with Crippen LogP contribution in [0.25, 0.3) is 0 Å². The predicted molar refractivity (Wildman–Crippen MR) is 56.5 cm³/mol. The van der Waals surface area contributed by atoms with E-state index in [2.05, 4.69) is 21.2 Å². The standard InChI is InChI=1S/C9H8BrN3O/c10-6-1-2-7(8(12)5-6)9(14)13-4-3-11/h1-2,5H,4,12H2,(H,13,14). The van der Waals surface area contributed by atoms with Gasteiger partial charge in [0.2, 0.25) is 0 Å². The molecule has 5 heteroatoms. The minimum absolute atomic E-state index is 0.0195. The number of benzene rings is 1. The maximum absolute atomic E-state index is 11.4. The summed E-state index contributed by atoms with van der Waals surface area (Å²) < 4.78 is 0.812. The van der Waals surface area contributed by atoms with Crippen molar-refractivity contribution >= 4 is 27.5 Å². The van der Waals surface area contributed by atoms with Crippen LogP contribution in [0.1, 0.15) is 10.4 Å². The quantitative estimate of drug-likeness (QED) is 0.616. The van der Waals surface area contributed by atoms with Crippen molar-refractivity contribution in [2.75, 3.05) is 12.3 Å². The number of rotatable bonds is 2. The van der Waals surface area contributed by atoms with E-state index in [1.807, 2.05) is 6.07 Å². The third-order valence-corrected chi connectivity index (χ3v) is 2.08. The third kappa shape index (κ3) is 2.47. The monoisotopic (exact) mass is 253 g/mol. The molecule has 0 aliphatic rings. The number of halogens is 1. The van der Waals surface area contributed by atoms with E-state index < -0.39 is 0 Å². The Morgan fingerprint density at radius 2 is 2.36 bits per heavy atom. The second kappa shape index (κ2) is 4.63. The molecule has 4 nitrogen and oxygen atoms in total. The van der Waals surface area contributed by atoms with E-state index in [1.165, 1.54) is 0 Å². The molecule has 0 aliphatic carbocycles. The Balaban J connectivity index is 2.86. The summed E-state index contributed by atoms with van der Waals surface area (Å²) in [6, 6.07) is 6.78. The van der Waals surface area contributed by atoms with E-state index in [-0.39, 0.29) is 12.5 Å². The number of nitrogens with one attached hydrogen (secondary N) is 1. The summed E-state index contributed by atoms with van der Waals surface area (Å²) in [6.07, 6.45) is 0. The number of nitrogens with two attached hydrogens (primary N) is 1. The first kappa shape index (κ1) is 10.5. The first-order valence-electron chi connectivity index (χ1n) is 3.85. The van der Waals surface area contributed by atoms with Crippen LogP contribution in [0.3, 0.4) is 0 Å². The van der Waals surface area contributed by atoms with Crippen molar-refractivity contribution in [2.45, 2.75) is 0 Å². The summed E-state index contributed by atoms with van der Waals surface area (Å²) in [5, 5.41) is 10.7. The molecule has 1 rings (SSSR count). The molecule has 0 aromatic heterocycles. The molecule has 0 aliphatic heterocycles. The molecule has 0 saturated carbocycles. The molecule has 0 bridgehead atoms. The number of nitrogens with zero attached hydrogens (tertiary/aromatic N) is 1. The first-order valence-corrected chi connectivity index (χ1v) is 4.64. The van der Waals surface area contributed by atoms with Gasteiger partial charge in [0.25, 0.3) is 5.91 Å². The van der Waals surface area contributed by atoms with Gasteiger partial charge < -0.3 is 11.1 Å². The molecule has 0 unspecified atom stereocenters. The van der Waals surface area contributed by atoms with Crippen LogP contribution < -0.4 is 11.1 Å². The Morgan fingerprint density at radius 1 is 1.64 bits per heavy atom. The molecule has 0 radical (unpaired) electrons. The zero-order valence-electron chi connectivity index (χ0n) is 7.25. The number of hydrogen-bond acceptors (Lipinski definition) is 3. The number of nitriles is 1. The zero-order chi connectivity index (χ0) is 10.6. The lowest BCUT2D eigenvalue weighted by atomic mass is 10.2. The average molecular weight is 254 g/mol. The summed E-state index contributed by atoms with van der Waals surface area (Å²) in [7, 11) is 0. The highest BCUT2D eigenvalue weighted by Gasteiger charge is 2.08. The number of carbonyl (C=O) groups is 1. The Kier molecular flexibility index (Phi) is 3.48. The van der Waals surface area contributed by atoms with Crippen LogP contribution >= 0.6 is 15.9 Å². The van der Waals surface area contributed by atoms with Crippen molar-refractivity contribution in [3.05, 3.63) is 28.2 Å². The van der Waals surface area contributed by atoms with Gasteiger partial charge in [-0.05, 0) is 18.2 Å². The van der Waals surface area contributed by atoms with Crippen LogP contribution in [0.2, 0.25) is 0 Å². The van der Waals surface area contributed by atoms with E-state index >= 15 is 0 Å². The number of anilines is 1. The smallest absolute Gasteiger partial charge is 0.254 e. The van der Waals surface area contributed by atoms with Gasteiger partial charge >= 0.3 is 0 Å². The van der Waals surface area contributed by atoms with Crippen LogP contribution in [0.4, 0.5) is 5.69 Å². The highest BCUT2D eigenvalue weighted by atomic mass is 79.9. The van der Waals surface area contributed by atoms with Gasteiger partial charge in [0.05, 0.1) is 11.6 Å². The van der Waals surface area contributed by atoms with Gasteiger partial charge in [-0.2, -0.15) is 5.26 Å². The molecular formula is C9H8BrN3O. The van der Waals surface area contributed by atoms with E-state index in [1.54, 1.807) is 18.2 Å². The lowest BCUT2D eigenvalue weighted by Crippen LogP contribution is -2.24. The maximum Gasteiger partial charge on any atom is 0.254 e. The van der Waals surface area contributed by atoms with Gasteiger partial charge in [-0.15, -0.1) is 0 Å². The largest absolute Gasteiger partial charge is 0.398 e. The Bertz CT molecular complexity index is 398. The second-order valence-corrected chi connectivity index (χ2v) is 3.49.